The van der Waals surface area contributed by atoms with Gasteiger partial charge in [-0.1, -0.05) is 6.58 Å². The van der Waals surface area contributed by atoms with Crippen molar-refractivity contribution in [2.45, 2.75) is 31.7 Å². The number of primary amides is 1. The van der Waals surface area contributed by atoms with Gasteiger partial charge in [0.1, 0.15) is 0 Å². The summed E-state index contributed by atoms with van der Waals surface area (Å²) in [5.41, 5.74) is 5.39. The predicted octanol–water partition coefficient (Wildman–Crippen LogP) is 0.261. The second-order valence-corrected chi connectivity index (χ2v) is 4.24. The lowest BCUT2D eigenvalue weighted by Crippen LogP contribution is -2.38. The molecule has 1 saturated carbocycles. The molecule has 5 nitrogen and oxygen atoms in total. The molecule has 0 aromatic heterocycles. The summed E-state index contributed by atoms with van der Waals surface area (Å²) in [6, 6.07) is 0.270. The average molecular weight is 226 g/mol. The fraction of sp³-hybridized carbons (Fsp3) is 0.636. The molecule has 0 radical (unpaired) electrons. The number of rotatable bonds is 5. The zero-order valence-corrected chi connectivity index (χ0v) is 9.24. The highest BCUT2D eigenvalue weighted by Gasteiger charge is 2.24. The van der Waals surface area contributed by atoms with Crippen LogP contribution in [0.25, 0.3) is 0 Å². The van der Waals surface area contributed by atoms with Crippen molar-refractivity contribution in [2.24, 2.45) is 11.7 Å². The van der Waals surface area contributed by atoms with Gasteiger partial charge in [-0.15, -0.1) is 0 Å². The van der Waals surface area contributed by atoms with Gasteiger partial charge in [0.2, 0.25) is 5.91 Å². The van der Waals surface area contributed by atoms with Crippen molar-refractivity contribution in [3.8, 4) is 0 Å². The number of nitrogens with two attached hydrogens (primary N) is 1. The molecule has 0 aromatic rings. The van der Waals surface area contributed by atoms with Gasteiger partial charge in [0.05, 0.1) is 0 Å². The van der Waals surface area contributed by atoms with Gasteiger partial charge in [-0.3, -0.25) is 4.79 Å². The van der Waals surface area contributed by atoms with Crippen LogP contribution in [-0.4, -0.2) is 29.6 Å². The average Bonchev–Trinajstić information content (AvgIpc) is 2.26. The molecular formula is C11H18N2O3. The Morgan fingerprint density at radius 1 is 1.31 bits per heavy atom. The number of carbonyl (C=O) groups is 2. The molecule has 1 aliphatic rings. The third-order valence-corrected chi connectivity index (χ3v) is 3.04. The number of carboxylic acid groups (broad SMARTS) is 1. The van der Waals surface area contributed by atoms with Crippen molar-refractivity contribution in [3.05, 3.63) is 12.2 Å². The molecule has 1 aliphatic carbocycles. The standard InChI is InChI=1S/C11H18N2O3/c1-7(11(15)16)6-13-9-4-2-8(3-5-9)10(12)14/h8-9,13H,1-6H2,(H2,12,14)(H,15,16). The number of nitrogens with one attached hydrogen (secondary N) is 1. The number of carboxylic acids is 1. The Bertz CT molecular complexity index is 294. The van der Waals surface area contributed by atoms with E-state index in [-0.39, 0.29) is 23.4 Å². The largest absolute Gasteiger partial charge is 0.478 e. The minimum absolute atomic E-state index is 0.0132. The van der Waals surface area contributed by atoms with Crippen LogP contribution in [0.15, 0.2) is 12.2 Å². The van der Waals surface area contributed by atoms with E-state index in [0.717, 1.165) is 25.7 Å². The lowest BCUT2D eigenvalue weighted by Gasteiger charge is -2.27. The van der Waals surface area contributed by atoms with Crippen LogP contribution in [0.2, 0.25) is 0 Å². The minimum Gasteiger partial charge on any atom is -0.478 e. The molecule has 0 heterocycles. The van der Waals surface area contributed by atoms with Crippen LogP contribution in [0.3, 0.4) is 0 Å². The molecule has 0 saturated heterocycles. The molecule has 4 N–H and O–H groups in total. The Balaban J connectivity index is 2.25. The van der Waals surface area contributed by atoms with Crippen LogP contribution in [0.5, 0.6) is 0 Å². The van der Waals surface area contributed by atoms with Crippen molar-refractivity contribution >= 4 is 11.9 Å². The molecule has 5 heteroatoms. The Morgan fingerprint density at radius 3 is 2.31 bits per heavy atom. The maximum absolute atomic E-state index is 10.9. The van der Waals surface area contributed by atoms with Crippen molar-refractivity contribution in [3.63, 3.8) is 0 Å². The third kappa shape index (κ3) is 3.66. The highest BCUT2D eigenvalue weighted by atomic mass is 16.4. The maximum atomic E-state index is 10.9. The van der Waals surface area contributed by atoms with E-state index in [4.69, 9.17) is 10.8 Å². The van der Waals surface area contributed by atoms with Crippen LogP contribution in [0.4, 0.5) is 0 Å². The van der Waals surface area contributed by atoms with Crippen molar-refractivity contribution in [2.75, 3.05) is 6.54 Å². The lowest BCUT2D eigenvalue weighted by atomic mass is 9.85. The van der Waals surface area contributed by atoms with Crippen LogP contribution in [0, 0.1) is 5.92 Å². The number of hydrogen-bond acceptors (Lipinski definition) is 3. The monoisotopic (exact) mass is 226 g/mol. The Labute approximate surface area is 94.7 Å². The SMILES string of the molecule is C=C(CNC1CCC(C(N)=O)CC1)C(=O)O. The summed E-state index contributed by atoms with van der Waals surface area (Å²) >= 11 is 0. The van der Waals surface area contributed by atoms with Crippen molar-refractivity contribution in [1.82, 2.24) is 5.32 Å². The van der Waals surface area contributed by atoms with Gasteiger partial charge in [0.15, 0.2) is 0 Å². The summed E-state index contributed by atoms with van der Waals surface area (Å²) in [6.07, 6.45) is 3.29. The Kier molecular flexibility index (Phi) is 4.49. The molecule has 16 heavy (non-hydrogen) atoms. The number of hydrogen-bond donors (Lipinski definition) is 3. The van der Waals surface area contributed by atoms with Crippen LogP contribution >= 0.6 is 0 Å². The predicted molar refractivity (Wildman–Crippen MR) is 59.7 cm³/mol. The summed E-state index contributed by atoms with van der Waals surface area (Å²) in [6.45, 7) is 3.74. The van der Waals surface area contributed by atoms with E-state index in [2.05, 4.69) is 11.9 Å². The summed E-state index contributed by atoms with van der Waals surface area (Å²) in [7, 11) is 0. The molecule has 0 atom stereocenters. The zero-order chi connectivity index (χ0) is 12.1. The van der Waals surface area contributed by atoms with Crippen LogP contribution < -0.4 is 11.1 Å². The van der Waals surface area contributed by atoms with Gasteiger partial charge in [0.25, 0.3) is 0 Å². The molecule has 90 valence electrons. The number of aliphatic carboxylic acids is 1. The van der Waals surface area contributed by atoms with E-state index in [1.165, 1.54) is 0 Å². The second-order valence-electron chi connectivity index (χ2n) is 4.24. The fourth-order valence-corrected chi connectivity index (χ4v) is 1.93. The highest BCUT2D eigenvalue weighted by Crippen LogP contribution is 2.23. The van der Waals surface area contributed by atoms with E-state index < -0.39 is 5.97 Å². The molecule has 1 amide bonds. The van der Waals surface area contributed by atoms with Gasteiger partial charge in [-0.25, -0.2) is 4.79 Å². The Morgan fingerprint density at radius 2 is 1.88 bits per heavy atom. The molecule has 0 aliphatic heterocycles. The molecule has 1 rings (SSSR count). The van der Waals surface area contributed by atoms with Gasteiger partial charge in [-0.05, 0) is 25.7 Å². The van der Waals surface area contributed by atoms with Crippen LogP contribution in [-0.2, 0) is 9.59 Å². The Hall–Kier alpha value is -1.36. The molecule has 0 unspecified atom stereocenters. The van der Waals surface area contributed by atoms with Crippen LogP contribution in [0.1, 0.15) is 25.7 Å². The summed E-state index contributed by atoms with van der Waals surface area (Å²) < 4.78 is 0. The molecule has 1 fully saturated rings. The lowest BCUT2D eigenvalue weighted by molar-refractivity contribution is -0.132. The molecule has 0 aromatic carbocycles. The van der Waals surface area contributed by atoms with E-state index >= 15 is 0 Å². The summed E-state index contributed by atoms with van der Waals surface area (Å²) in [4.78, 5) is 21.4. The molecule has 0 bridgehead atoms. The van der Waals surface area contributed by atoms with Crippen molar-refractivity contribution < 1.29 is 14.7 Å². The van der Waals surface area contributed by atoms with E-state index in [9.17, 15) is 9.59 Å². The quantitative estimate of drug-likeness (QED) is 0.586. The van der Waals surface area contributed by atoms with Gasteiger partial charge in [-0.2, -0.15) is 0 Å². The van der Waals surface area contributed by atoms with Gasteiger partial charge in [0, 0.05) is 24.1 Å². The third-order valence-electron chi connectivity index (χ3n) is 3.04. The fourth-order valence-electron chi connectivity index (χ4n) is 1.93. The topological polar surface area (TPSA) is 92.4 Å². The smallest absolute Gasteiger partial charge is 0.332 e. The molecular weight excluding hydrogens is 208 g/mol. The number of carbonyl (C=O) groups excluding carboxylic acids is 1. The zero-order valence-electron chi connectivity index (χ0n) is 9.24. The number of amides is 1. The first kappa shape index (κ1) is 12.7. The van der Waals surface area contributed by atoms with E-state index in [1.807, 2.05) is 0 Å². The first-order valence-corrected chi connectivity index (χ1v) is 5.44. The first-order chi connectivity index (χ1) is 7.50. The minimum atomic E-state index is -0.974. The molecule has 0 spiro atoms. The highest BCUT2D eigenvalue weighted by molar-refractivity contribution is 5.86. The first-order valence-electron chi connectivity index (χ1n) is 5.44. The maximum Gasteiger partial charge on any atom is 0.332 e. The normalized spacial score (nSPS) is 25.0. The van der Waals surface area contributed by atoms with Gasteiger partial charge < -0.3 is 16.2 Å². The summed E-state index contributed by atoms with van der Waals surface area (Å²) in [5.74, 6) is -1.22. The van der Waals surface area contributed by atoms with E-state index in [0.29, 0.717) is 6.54 Å². The van der Waals surface area contributed by atoms with Crippen molar-refractivity contribution in [1.29, 1.82) is 0 Å². The van der Waals surface area contributed by atoms with E-state index in [1.54, 1.807) is 0 Å². The summed E-state index contributed by atoms with van der Waals surface area (Å²) in [5, 5.41) is 11.8. The second kappa shape index (κ2) is 5.65. The van der Waals surface area contributed by atoms with Gasteiger partial charge >= 0.3 is 5.97 Å².